The van der Waals surface area contributed by atoms with Gasteiger partial charge in [-0.1, -0.05) is 36.4 Å². The molecule has 0 aliphatic rings. The molecule has 0 aliphatic heterocycles. The highest BCUT2D eigenvalue weighted by Crippen LogP contribution is 2.24. The van der Waals surface area contributed by atoms with Gasteiger partial charge in [0.15, 0.2) is 11.5 Å². The van der Waals surface area contributed by atoms with Crippen LogP contribution in [0.5, 0.6) is 0 Å². The lowest BCUT2D eigenvalue weighted by atomic mass is 10.2. The van der Waals surface area contributed by atoms with Crippen LogP contribution < -0.4 is 0 Å². The Balaban J connectivity index is 1.98. The second-order valence-electron chi connectivity index (χ2n) is 4.80. The van der Waals surface area contributed by atoms with Crippen molar-refractivity contribution in [1.29, 1.82) is 0 Å². The van der Waals surface area contributed by atoms with Crippen molar-refractivity contribution in [2.45, 2.75) is 0 Å². The Hall–Kier alpha value is -3.35. The van der Waals surface area contributed by atoms with Crippen LogP contribution in [0.1, 0.15) is 0 Å². The lowest BCUT2D eigenvalue weighted by molar-refractivity contribution is -0.384. The van der Waals surface area contributed by atoms with E-state index >= 15 is 0 Å². The van der Waals surface area contributed by atoms with E-state index < -0.39 is 4.92 Å². The smallest absolute Gasteiger partial charge is 0.258 e. The van der Waals surface area contributed by atoms with E-state index in [4.69, 9.17) is 0 Å². The van der Waals surface area contributed by atoms with Crippen molar-refractivity contribution in [2.24, 2.45) is 0 Å². The predicted octanol–water partition coefficient (Wildman–Crippen LogP) is 2.85. The van der Waals surface area contributed by atoms with Crippen LogP contribution in [0.15, 0.2) is 54.7 Å². The third-order valence-electron chi connectivity index (χ3n) is 3.47. The van der Waals surface area contributed by atoms with Crippen molar-refractivity contribution >= 4 is 22.1 Å². The molecule has 0 bridgehead atoms. The number of aromatic nitrogens is 4. The molecular weight excluding hydrogens is 282 g/mol. The zero-order chi connectivity index (χ0) is 15.1. The van der Waals surface area contributed by atoms with Crippen LogP contribution in [0.25, 0.3) is 27.8 Å². The monoisotopic (exact) mass is 291 g/mol. The van der Waals surface area contributed by atoms with Crippen LogP contribution in [0, 0.1) is 10.1 Å². The molecule has 0 saturated carbocycles. The van der Waals surface area contributed by atoms with Crippen molar-refractivity contribution in [3.63, 3.8) is 0 Å². The third-order valence-corrected chi connectivity index (χ3v) is 3.47. The molecule has 22 heavy (non-hydrogen) atoms. The highest BCUT2D eigenvalue weighted by molar-refractivity contribution is 5.93. The van der Waals surface area contributed by atoms with Gasteiger partial charge in [-0.15, -0.1) is 10.2 Å². The summed E-state index contributed by atoms with van der Waals surface area (Å²) >= 11 is 0. The zero-order valence-electron chi connectivity index (χ0n) is 11.2. The van der Waals surface area contributed by atoms with E-state index in [2.05, 4.69) is 15.3 Å². The van der Waals surface area contributed by atoms with Crippen molar-refractivity contribution < 1.29 is 4.92 Å². The number of fused-ring (bicyclic) bond motifs is 3. The molecule has 0 fully saturated rings. The number of benzene rings is 2. The number of rotatable bonds is 2. The Bertz CT molecular complexity index is 1020. The Morgan fingerprint density at radius 3 is 2.77 bits per heavy atom. The van der Waals surface area contributed by atoms with Gasteiger partial charge in [0.05, 0.1) is 11.1 Å². The van der Waals surface area contributed by atoms with E-state index in [1.54, 1.807) is 22.8 Å². The lowest BCUT2D eigenvalue weighted by Gasteiger charge is -2.01. The first kappa shape index (κ1) is 12.4. The van der Waals surface area contributed by atoms with Gasteiger partial charge in [0.25, 0.3) is 5.69 Å². The molecule has 0 aliphatic carbocycles. The maximum absolute atomic E-state index is 10.9. The highest BCUT2D eigenvalue weighted by atomic mass is 16.6. The summed E-state index contributed by atoms with van der Waals surface area (Å²) in [7, 11) is 0. The fourth-order valence-corrected chi connectivity index (χ4v) is 2.43. The molecule has 2 aromatic carbocycles. The Labute approximate surface area is 124 Å². The van der Waals surface area contributed by atoms with Crippen LogP contribution in [-0.4, -0.2) is 24.7 Å². The summed E-state index contributed by atoms with van der Waals surface area (Å²) in [6.07, 6.45) is 1.73. The summed E-state index contributed by atoms with van der Waals surface area (Å²) in [5.74, 6) is 0.476. The van der Waals surface area contributed by atoms with Crippen LogP contribution >= 0.6 is 0 Å². The summed E-state index contributed by atoms with van der Waals surface area (Å²) in [4.78, 5) is 10.5. The average molecular weight is 291 g/mol. The summed E-state index contributed by atoms with van der Waals surface area (Å²) < 4.78 is 1.60. The summed E-state index contributed by atoms with van der Waals surface area (Å²) in [5.41, 5.74) is 1.24. The molecule has 0 radical (unpaired) electrons. The number of hydrogen-bond donors (Lipinski definition) is 0. The Morgan fingerprint density at radius 2 is 1.91 bits per heavy atom. The van der Waals surface area contributed by atoms with E-state index in [-0.39, 0.29) is 5.69 Å². The van der Waals surface area contributed by atoms with Gasteiger partial charge in [0, 0.05) is 28.5 Å². The fraction of sp³-hybridized carbons (Fsp3) is 0. The maximum atomic E-state index is 10.9. The Morgan fingerprint density at radius 1 is 1.05 bits per heavy atom. The number of nitro benzene ring substituents is 1. The second-order valence-corrected chi connectivity index (χ2v) is 4.80. The normalized spacial score (nSPS) is 11.1. The largest absolute Gasteiger partial charge is 0.270 e. The van der Waals surface area contributed by atoms with Crippen LogP contribution in [0.3, 0.4) is 0 Å². The molecule has 0 spiro atoms. The topological polar surface area (TPSA) is 86.2 Å². The molecule has 0 amide bonds. The molecule has 7 nitrogen and oxygen atoms in total. The first-order valence-electron chi connectivity index (χ1n) is 6.58. The van der Waals surface area contributed by atoms with Crippen molar-refractivity contribution in [3.05, 3.63) is 64.8 Å². The van der Waals surface area contributed by atoms with Gasteiger partial charge in [-0.05, 0) is 0 Å². The maximum Gasteiger partial charge on any atom is 0.270 e. The quantitative estimate of drug-likeness (QED) is 0.418. The second kappa shape index (κ2) is 4.59. The molecule has 0 unspecified atom stereocenters. The minimum absolute atomic E-state index is 0.00930. The van der Waals surface area contributed by atoms with E-state index in [1.165, 1.54) is 12.1 Å². The van der Waals surface area contributed by atoms with Gasteiger partial charge in [-0.3, -0.25) is 10.1 Å². The predicted molar refractivity (Wildman–Crippen MR) is 80.4 cm³/mol. The van der Waals surface area contributed by atoms with Gasteiger partial charge in [0.2, 0.25) is 0 Å². The fourth-order valence-electron chi connectivity index (χ4n) is 2.43. The van der Waals surface area contributed by atoms with Crippen LogP contribution in [-0.2, 0) is 0 Å². The van der Waals surface area contributed by atoms with E-state index in [1.807, 2.05) is 24.3 Å². The molecule has 0 N–H and O–H groups in total. The summed E-state index contributed by atoms with van der Waals surface area (Å²) in [6.45, 7) is 0. The SMILES string of the molecule is O=[N+]([O-])c1cccc(-c2nnc3c4ccccc4cnn23)c1. The standard InChI is InChI=1S/C15H9N5O2/c21-20(22)12-6-3-5-10(8-12)14-17-18-15-13-7-2-1-4-11(13)9-16-19(14)15/h1-9H. The minimum Gasteiger partial charge on any atom is -0.258 e. The van der Waals surface area contributed by atoms with Crippen molar-refractivity contribution in [2.75, 3.05) is 0 Å². The molecule has 2 heterocycles. The molecule has 2 aromatic heterocycles. The minimum atomic E-state index is -0.435. The highest BCUT2D eigenvalue weighted by Gasteiger charge is 2.14. The van der Waals surface area contributed by atoms with Gasteiger partial charge in [-0.2, -0.15) is 9.61 Å². The zero-order valence-corrected chi connectivity index (χ0v) is 11.2. The van der Waals surface area contributed by atoms with Gasteiger partial charge < -0.3 is 0 Å². The van der Waals surface area contributed by atoms with E-state index in [0.29, 0.717) is 17.0 Å². The first-order valence-corrected chi connectivity index (χ1v) is 6.58. The van der Waals surface area contributed by atoms with Crippen LogP contribution in [0.4, 0.5) is 5.69 Å². The molecule has 0 atom stereocenters. The van der Waals surface area contributed by atoms with Crippen molar-refractivity contribution in [3.8, 4) is 11.4 Å². The molecule has 0 saturated heterocycles. The average Bonchev–Trinajstić information content (AvgIpc) is 2.99. The molecule has 7 heteroatoms. The van der Waals surface area contributed by atoms with E-state index in [9.17, 15) is 10.1 Å². The molecule has 4 aromatic rings. The Kier molecular flexibility index (Phi) is 2.59. The number of non-ortho nitro benzene ring substituents is 1. The molecule has 4 rings (SSSR count). The number of nitrogens with zero attached hydrogens (tertiary/aromatic N) is 5. The number of hydrogen-bond acceptors (Lipinski definition) is 5. The van der Waals surface area contributed by atoms with Crippen LogP contribution in [0.2, 0.25) is 0 Å². The van der Waals surface area contributed by atoms with Gasteiger partial charge in [0.1, 0.15) is 0 Å². The van der Waals surface area contributed by atoms with Gasteiger partial charge >= 0.3 is 0 Å². The van der Waals surface area contributed by atoms with Gasteiger partial charge in [-0.25, -0.2) is 0 Å². The summed E-state index contributed by atoms with van der Waals surface area (Å²) in [6, 6.07) is 14.0. The van der Waals surface area contributed by atoms with E-state index in [0.717, 1.165) is 10.8 Å². The molecule has 106 valence electrons. The molecular formula is C15H9N5O2. The first-order chi connectivity index (χ1) is 10.7. The number of nitro groups is 1. The summed E-state index contributed by atoms with van der Waals surface area (Å²) in [5, 5.41) is 25.5. The lowest BCUT2D eigenvalue weighted by Crippen LogP contribution is -1.96. The third kappa shape index (κ3) is 1.80. The van der Waals surface area contributed by atoms with Crippen molar-refractivity contribution in [1.82, 2.24) is 19.8 Å².